The summed E-state index contributed by atoms with van der Waals surface area (Å²) in [6, 6.07) is 9.84. The summed E-state index contributed by atoms with van der Waals surface area (Å²) in [5.74, 6) is -0.121. The van der Waals surface area contributed by atoms with Gasteiger partial charge in [-0.2, -0.15) is 0 Å². The van der Waals surface area contributed by atoms with Gasteiger partial charge in [-0.05, 0) is 30.7 Å². The van der Waals surface area contributed by atoms with Crippen molar-refractivity contribution in [2.75, 3.05) is 44.7 Å². The smallest absolute Gasteiger partial charge is 0.338 e. The largest absolute Gasteiger partial charge is 0.493 e. The molecule has 1 fully saturated rings. The van der Waals surface area contributed by atoms with Crippen LogP contribution in [0.25, 0.3) is 0 Å². The van der Waals surface area contributed by atoms with Gasteiger partial charge in [-0.25, -0.2) is 4.79 Å². The van der Waals surface area contributed by atoms with E-state index in [2.05, 4.69) is 5.32 Å². The highest BCUT2D eigenvalue weighted by molar-refractivity contribution is 6.04. The van der Waals surface area contributed by atoms with Crippen LogP contribution in [0.1, 0.15) is 36.5 Å². The van der Waals surface area contributed by atoms with Crippen LogP contribution in [0, 0.1) is 5.92 Å². The average molecular weight is 471 g/mol. The topological polar surface area (TPSA) is 103 Å². The van der Waals surface area contributed by atoms with E-state index in [9.17, 15) is 14.4 Å². The molecule has 0 bridgehead atoms. The minimum Gasteiger partial charge on any atom is -0.493 e. The van der Waals surface area contributed by atoms with Crippen LogP contribution in [0.5, 0.6) is 17.2 Å². The van der Waals surface area contributed by atoms with Gasteiger partial charge in [0, 0.05) is 30.8 Å². The number of ether oxygens (including phenoxy) is 4. The monoisotopic (exact) mass is 470 g/mol. The number of rotatable bonds is 10. The molecule has 0 aliphatic carbocycles. The van der Waals surface area contributed by atoms with Gasteiger partial charge < -0.3 is 29.2 Å². The van der Waals surface area contributed by atoms with Gasteiger partial charge >= 0.3 is 5.97 Å². The molecular weight excluding hydrogens is 440 g/mol. The molecule has 1 heterocycles. The van der Waals surface area contributed by atoms with Crippen molar-refractivity contribution in [3.63, 3.8) is 0 Å². The Morgan fingerprint density at radius 2 is 1.68 bits per heavy atom. The Morgan fingerprint density at radius 3 is 2.24 bits per heavy atom. The zero-order valence-corrected chi connectivity index (χ0v) is 19.9. The fourth-order valence-corrected chi connectivity index (χ4v) is 3.68. The number of carbonyl (C=O) groups excluding carboxylic acids is 3. The Bertz CT molecular complexity index is 1010. The van der Waals surface area contributed by atoms with Crippen molar-refractivity contribution in [1.82, 2.24) is 0 Å². The van der Waals surface area contributed by atoms with E-state index in [0.717, 1.165) is 12.8 Å². The highest BCUT2D eigenvalue weighted by atomic mass is 16.5. The van der Waals surface area contributed by atoms with Crippen molar-refractivity contribution in [2.45, 2.75) is 26.2 Å². The molecule has 182 valence electrons. The highest BCUT2D eigenvalue weighted by Crippen LogP contribution is 2.42. The third kappa shape index (κ3) is 5.59. The van der Waals surface area contributed by atoms with Gasteiger partial charge in [0.1, 0.15) is 0 Å². The van der Waals surface area contributed by atoms with Crippen LogP contribution in [-0.4, -0.2) is 52.3 Å². The number of carbonyl (C=O) groups is 3. The molecule has 1 saturated heterocycles. The lowest BCUT2D eigenvalue weighted by molar-refractivity contribution is -0.122. The molecule has 2 aromatic carbocycles. The van der Waals surface area contributed by atoms with Gasteiger partial charge in [0.25, 0.3) is 0 Å². The summed E-state index contributed by atoms with van der Waals surface area (Å²) in [5.41, 5.74) is 1.51. The Hall–Kier alpha value is -3.75. The number of methoxy groups -OCH3 is 3. The number of unbranched alkanes of at least 4 members (excludes halogenated alkanes) is 1. The van der Waals surface area contributed by atoms with Crippen molar-refractivity contribution >= 4 is 29.2 Å². The third-order valence-corrected chi connectivity index (χ3v) is 5.58. The first-order valence-electron chi connectivity index (χ1n) is 11.1. The van der Waals surface area contributed by atoms with Crippen molar-refractivity contribution in [1.29, 1.82) is 0 Å². The number of nitrogens with zero attached hydrogens (tertiary/aromatic N) is 1. The van der Waals surface area contributed by atoms with Crippen molar-refractivity contribution < 1.29 is 33.3 Å². The maximum atomic E-state index is 12.8. The molecule has 9 heteroatoms. The van der Waals surface area contributed by atoms with Gasteiger partial charge in [0.2, 0.25) is 17.6 Å². The molecular formula is C25H30N2O7. The van der Waals surface area contributed by atoms with E-state index in [4.69, 9.17) is 18.9 Å². The fraction of sp³-hybridized carbons (Fsp3) is 0.400. The van der Waals surface area contributed by atoms with Crippen molar-refractivity contribution in [2.24, 2.45) is 5.92 Å². The lowest BCUT2D eigenvalue weighted by Gasteiger charge is -2.20. The van der Waals surface area contributed by atoms with E-state index < -0.39 is 11.9 Å². The Balaban J connectivity index is 1.66. The molecule has 1 aliphatic rings. The van der Waals surface area contributed by atoms with Crippen LogP contribution in [0.4, 0.5) is 11.4 Å². The summed E-state index contributed by atoms with van der Waals surface area (Å²) in [6.45, 7) is 2.62. The first kappa shape index (κ1) is 24.9. The second-order valence-corrected chi connectivity index (χ2v) is 7.85. The molecule has 34 heavy (non-hydrogen) atoms. The van der Waals surface area contributed by atoms with Gasteiger partial charge in [-0.1, -0.05) is 13.3 Å². The molecule has 0 aromatic heterocycles. The van der Waals surface area contributed by atoms with Crippen LogP contribution >= 0.6 is 0 Å². The summed E-state index contributed by atoms with van der Waals surface area (Å²) >= 11 is 0. The number of benzene rings is 2. The summed E-state index contributed by atoms with van der Waals surface area (Å²) < 4.78 is 21.3. The first-order valence-corrected chi connectivity index (χ1v) is 11.1. The van der Waals surface area contributed by atoms with Gasteiger partial charge in [0.15, 0.2) is 11.5 Å². The zero-order chi connectivity index (χ0) is 24.7. The van der Waals surface area contributed by atoms with Crippen LogP contribution < -0.4 is 24.4 Å². The normalized spacial score (nSPS) is 15.1. The summed E-state index contributed by atoms with van der Waals surface area (Å²) in [6.07, 6.45) is 1.83. The van der Waals surface area contributed by atoms with Crippen molar-refractivity contribution in [3.8, 4) is 17.2 Å². The van der Waals surface area contributed by atoms with Gasteiger partial charge in [-0.15, -0.1) is 0 Å². The van der Waals surface area contributed by atoms with Gasteiger partial charge in [-0.3, -0.25) is 9.59 Å². The molecule has 0 spiro atoms. The Morgan fingerprint density at radius 1 is 1.03 bits per heavy atom. The number of nitrogens with one attached hydrogen (secondary N) is 1. The molecule has 0 saturated carbocycles. The van der Waals surface area contributed by atoms with Crippen LogP contribution in [0.3, 0.4) is 0 Å². The highest BCUT2D eigenvalue weighted by Gasteiger charge is 2.36. The predicted molar refractivity (Wildman–Crippen MR) is 127 cm³/mol. The van der Waals surface area contributed by atoms with E-state index in [1.165, 1.54) is 26.2 Å². The van der Waals surface area contributed by atoms with E-state index in [1.807, 2.05) is 6.92 Å². The Labute approximate surface area is 198 Å². The number of hydrogen-bond acceptors (Lipinski definition) is 7. The van der Waals surface area contributed by atoms with Crippen LogP contribution in [0.15, 0.2) is 36.4 Å². The van der Waals surface area contributed by atoms with Crippen LogP contribution in [0.2, 0.25) is 0 Å². The summed E-state index contributed by atoms with van der Waals surface area (Å²) in [4.78, 5) is 39.1. The fourth-order valence-electron chi connectivity index (χ4n) is 3.68. The van der Waals surface area contributed by atoms with Crippen LogP contribution in [-0.2, 0) is 14.3 Å². The summed E-state index contributed by atoms with van der Waals surface area (Å²) in [5, 5.41) is 2.82. The molecule has 1 atom stereocenters. The van der Waals surface area contributed by atoms with E-state index in [-0.39, 0.29) is 24.8 Å². The molecule has 2 amide bonds. The lowest BCUT2D eigenvalue weighted by atomic mass is 10.1. The SMILES string of the molecule is CCCCOC(=O)c1ccc(NC(=O)C2CC(=O)N(c3cc(OC)c(OC)c(OC)c3)C2)cc1. The quantitative estimate of drug-likeness (QED) is 0.417. The summed E-state index contributed by atoms with van der Waals surface area (Å²) in [7, 11) is 4.50. The predicted octanol–water partition coefficient (Wildman–Crippen LogP) is 3.66. The molecule has 1 N–H and O–H groups in total. The number of amides is 2. The molecule has 1 aliphatic heterocycles. The van der Waals surface area contributed by atoms with Crippen molar-refractivity contribution in [3.05, 3.63) is 42.0 Å². The number of anilines is 2. The zero-order valence-electron chi connectivity index (χ0n) is 19.9. The first-order chi connectivity index (χ1) is 16.4. The average Bonchev–Trinajstić information content (AvgIpc) is 3.25. The molecule has 9 nitrogen and oxygen atoms in total. The second-order valence-electron chi connectivity index (χ2n) is 7.85. The minimum absolute atomic E-state index is 0.0737. The molecule has 3 rings (SSSR count). The van der Waals surface area contributed by atoms with E-state index in [0.29, 0.717) is 40.8 Å². The van der Waals surface area contributed by atoms with Gasteiger partial charge in [0.05, 0.1) is 45.1 Å². The standard InChI is InChI=1S/C25H30N2O7/c1-5-6-11-34-25(30)16-7-9-18(10-8-16)26-24(29)17-12-22(28)27(15-17)19-13-20(31-2)23(33-4)21(14-19)32-3/h7-10,13-14,17H,5-6,11-12,15H2,1-4H3,(H,26,29). The number of hydrogen-bond donors (Lipinski definition) is 1. The maximum absolute atomic E-state index is 12.8. The Kier molecular flexibility index (Phi) is 8.34. The second kappa shape index (κ2) is 11.4. The maximum Gasteiger partial charge on any atom is 0.338 e. The molecule has 2 aromatic rings. The molecule has 0 radical (unpaired) electrons. The minimum atomic E-state index is -0.537. The third-order valence-electron chi connectivity index (χ3n) is 5.58. The lowest BCUT2D eigenvalue weighted by Crippen LogP contribution is -2.28. The molecule has 1 unspecified atom stereocenters. The van der Waals surface area contributed by atoms with E-state index in [1.54, 1.807) is 36.4 Å². The van der Waals surface area contributed by atoms with E-state index >= 15 is 0 Å². The number of esters is 1.